The number of ether oxygens (including phenoxy) is 4. The minimum absolute atomic E-state index is 0.253. The Kier molecular flexibility index (Phi) is 8.86. The maximum atomic E-state index is 13.3. The van der Waals surface area contributed by atoms with E-state index in [-0.39, 0.29) is 11.3 Å². The SMILES string of the molecule is CCCCc1nc2ccc(Br)cc2c(=O)n1N=Cc1cc(OC)c(O[C@H](C)C(=O)OC)c(OC)c1. The van der Waals surface area contributed by atoms with Crippen molar-refractivity contribution < 1.29 is 23.7 Å². The molecule has 0 bridgehead atoms. The summed E-state index contributed by atoms with van der Waals surface area (Å²) in [6.45, 7) is 3.64. The Morgan fingerprint density at radius 2 is 1.86 bits per heavy atom. The van der Waals surface area contributed by atoms with Crippen LogP contribution >= 0.6 is 15.9 Å². The molecule has 35 heavy (non-hydrogen) atoms. The number of carbonyl (C=O) groups is 1. The maximum Gasteiger partial charge on any atom is 0.346 e. The lowest BCUT2D eigenvalue weighted by Gasteiger charge is -2.18. The molecule has 0 saturated carbocycles. The number of nitrogens with zero attached hydrogens (tertiary/aromatic N) is 3. The first kappa shape index (κ1) is 26.2. The molecule has 0 spiro atoms. The molecule has 0 radical (unpaired) electrons. The van der Waals surface area contributed by atoms with Gasteiger partial charge in [-0.1, -0.05) is 29.3 Å². The molecule has 10 heteroatoms. The predicted molar refractivity (Wildman–Crippen MR) is 137 cm³/mol. The van der Waals surface area contributed by atoms with E-state index in [1.165, 1.54) is 32.2 Å². The average Bonchev–Trinajstić information content (AvgIpc) is 2.87. The molecule has 0 aliphatic rings. The van der Waals surface area contributed by atoms with E-state index in [0.29, 0.717) is 40.2 Å². The molecule has 3 rings (SSSR count). The van der Waals surface area contributed by atoms with Crippen LogP contribution in [0.15, 0.2) is 44.7 Å². The highest BCUT2D eigenvalue weighted by atomic mass is 79.9. The van der Waals surface area contributed by atoms with Gasteiger partial charge < -0.3 is 18.9 Å². The van der Waals surface area contributed by atoms with Crippen molar-refractivity contribution in [2.45, 2.75) is 39.2 Å². The van der Waals surface area contributed by atoms with Crippen molar-refractivity contribution in [3.63, 3.8) is 0 Å². The summed E-state index contributed by atoms with van der Waals surface area (Å²) in [7, 11) is 4.24. The number of hydrogen-bond donors (Lipinski definition) is 0. The van der Waals surface area contributed by atoms with Crippen molar-refractivity contribution in [3.8, 4) is 17.2 Å². The molecule has 0 N–H and O–H groups in total. The fourth-order valence-electron chi connectivity index (χ4n) is 3.42. The van der Waals surface area contributed by atoms with E-state index in [1.807, 2.05) is 12.1 Å². The second-order valence-electron chi connectivity index (χ2n) is 7.69. The molecule has 0 unspecified atom stereocenters. The fourth-order valence-corrected chi connectivity index (χ4v) is 3.78. The fraction of sp³-hybridized carbons (Fsp3) is 0.360. The van der Waals surface area contributed by atoms with E-state index in [9.17, 15) is 9.59 Å². The lowest BCUT2D eigenvalue weighted by molar-refractivity contribution is -0.148. The van der Waals surface area contributed by atoms with Gasteiger partial charge >= 0.3 is 5.97 Å². The van der Waals surface area contributed by atoms with E-state index >= 15 is 0 Å². The number of aryl methyl sites for hydroxylation is 1. The Morgan fingerprint density at radius 1 is 1.17 bits per heavy atom. The number of aromatic nitrogens is 2. The molecule has 0 aliphatic carbocycles. The molecule has 0 amide bonds. The van der Waals surface area contributed by atoms with Crippen LogP contribution in [0.4, 0.5) is 0 Å². The van der Waals surface area contributed by atoms with Crippen LogP contribution in [-0.2, 0) is 16.0 Å². The Hall–Kier alpha value is -3.40. The first-order valence-corrected chi connectivity index (χ1v) is 11.9. The van der Waals surface area contributed by atoms with Gasteiger partial charge in [-0.05, 0) is 43.7 Å². The smallest absolute Gasteiger partial charge is 0.346 e. The van der Waals surface area contributed by atoms with Gasteiger partial charge in [-0.15, -0.1) is 0 Å². The molecular weight excluding hydrogens is 518 g/mol. The summed E-state index contributed by atoms with van der Waals surface area (Å²) in [4.78, 5) is 29.8. The number of rotatable bonds is 10. The third kappa shape index (κ3) is 6.00. The quantitative estimate of drug-likeness (QED) is 0.276. The monoisotopic (exact) mass is 545 g/mol. The highest BCUT2D eigenvalue weighted by Gasteiger charge is 2.21. The van der Waals surface area contributed by atoms with Gasteiger partial charge in [0.1, 0.15) is 5.82 Å². The molecule has 186 valence electrons. The standard InChI is InChI=1S/C25H28BrN3O6/c1-6-7-8-22-28-19-10-9-17(26)13-18(19)24(30)29(22)27-14-16-11-20(32-3)23(21(12-16)33-4)35-15(2)25(31)34-5/h9-15H,6-8H2,1-5H3/t15-/m1/s1. The first-order chi connectivity index (χ1) is 16.8. The number of carbonyl (C=O) groups excluding carboxylic acids is 1. The molecule has 0 aliphatic heterocycles. The number of hydrogen-bond acceptors (Lipinski definition) is 8. The van der Waals surface area contributed by atoms with E-state index in [0.717, 1.165) is 17.3 Å². The summed E-state index contributed by atoms with van der Waals surface area (Å²) in [5.41, 5.74) is 0.962. The zero-order valence-corrected chi connectivity index (χ0v) is 21.9. The largest absolute Gasteiger partial charge is 0.493 e. The average molecular weight is 546 g/mol. The molecule has 9 nitrogen and oxygen atoms in total. The number of halogens is 1. The van der Waals surface area contributed by atoms with Gasteiger partial charge in [0.15, 0.2) is 17.6 Å². The van der Waals surface area contributed by atoms with Crippen LogP contribution < -0.4 is 19.8 Å². The third-order valence-electron chi connectivity index (χ3n) is 5.26. The van der Waals surface area contributed by atoms with Crippen LogP contribution in [0.1, 0.15) is 38.1 Å². The van der Waals surface area contributed by atoms with Crippen molar-refractivity contribution in [2.75, 3.05) is 21.3 Å². The Bertz CT molecular complexity index is 1280. The van der Waals surface area contributed by atoms with Gasteiger partial charge in [0.05, 0.1) is 38.4 Å². The van der Waals surface area contributed by atoms with E-state index in [1.54, 1.807) is 25.1 Å². The van der Waals surface area contributed by atoms with Crippen LogP contribution in [0, 0.1) is 0 Å². The zero-order valence-electron chi connectivity index (χ0n) is 20.3. The second-order valence-corrected chi connectivity index (χ2v) is 8.61. The molecule has 0 saturated heterocycles. The van der Waals surface area contributed by atoms with Gasteiger partial charge in [-0.3, -0.25) is 4.79 Å². The van der Waals surface area contributed by atoms with Gasteiger partial charge in [0, 0.05) is 16.5 Å². The lowest BCUT2D eigenvalue weighted by atomic mass is 10.2. The van der Waals surface area contributed by atoms with Crippen LogP contribution in [0.3, 0.4) is 0 Å². The summed E-state index contributed by atoms with van der Waals surface area (Å²) >= 11 is 3.41. The number of benzene rings is 2. The number of esters is 1. The lowest BCUT2D eigenvalue weighted by Crippen LogP contribution is -2.25. The summed E-state index contributed by atoms with van der Waals surface area (Å²) < 4.78 is 23.5. The summed E-state index contributed by atoms with van der Waals surface area (Å²) in [5, 5.41) is 4.93. The Morgan fingerprint density at radius 3 is 2.46 bits per heavy atom. The number of fused-ring (bicyclic) bond motifs is 1. The van der Waals surface area contributed by atoms with Crippen LogP contribution in [0.2, 0.25) is 0 Å². The van der Waals surface area contributed by atoms with Gasteiger partial charge in [0.25, 0.3) is 5.56 Å². The van der Waals surface area contributed by atoms with Crippen molar-refractivity contribution in [1.29, 1.82) is 0 Å². The van der Waals surface area contributed by atoms with Crippen molar-refractivity contribution >= 4 is 39.0 Å². The predicted octanol–water partition coefficient (Wildman–Crippen LogP) is 4.34. The first-order valence-electron chi connectivity index (χ1n) is 11.1. The normalized spacial score (nSPS) is 12.1. The molecule has 1 heterocycles. The van der Waals surface area contributed by atoms with Crippen molar-refractivity contribution in [2.24, 2.45) is 5.10 Å². The molecule has 2 aromatic carbocycles. The topological polar surface area (TPSA) is 101 Å². The van der Waals surface area contributed by atoms with Gasteiger partial charge in [-0.2, -0.15) is 9.78 Å². The highest BCUT2D eigenvalue weighted by molar-refractivity contribution is 9.10. The minimum Gasteiger partial charge on any atom is -0.493 e. The second kappa shape index (κ2) is 11.8. The van der Waals surface area contributed by atoms with E-state index in [2.05, 4.69) is 32.9 Å². The number of unbranched alkanes of at least 4 members (excludes halogenated alkanes) is 1. The minimum atomic E-state index is -0.870. The van der Waals surface area contributed by atoms with Gasteiger partial charge in [-0.25, -0.2) is 9.78 Å². The number of methoxy groups -OCH3 is 3. The van der Waals surface area contributed by atoms with Crippen LogP contribution in [0.25, 0.3) is 10.9 Å². The summed E-state index contributed by atoms with van der Waals surface area (Å²) in [6.07, 6.45) is 3.10. The maximum absolute atomic E-state index is 13.3. The van der Waals surface area contributed by atoms with E-state index in [4.69, 9.17) is 18.9 Å². The summed E-state index contributed by atoms with van der Waals surface area (Å²) in [6, 6.07) is 8.75. The van der Waals surface area contributed by atoms with Crippen molar-refractivity contribution in [1.82, 2.24) is 9.66 Å². The summed E-state index contributed by atoms with van der Waals surface area (Å²) in [5.74, 6) is 0.965. The van der Waals surface area contributed by atoms with E-state index < -0.39 is 12.1 Å². The third-order valence-corrected chi connectivity index (χ3v) is 5.76. The van der Waals surface area contributed by atoms with Crippen molar-refractivity contribution in [3.05, 3.63) is 56.5 Å². The molecule has 3 aromatic rings. The molecule has 1 aromatic heterocycles. The molecule has 0 fully saturated rings. The Labute approximate surface area is 211 Å². The zero-order chi connectivity index (χ0) is 25.5. The van der Waals surface area contributed by atoms with Gasteiger partial charge in [0.2, 0.25) is 5.75 Å². The Balaban J connectivity index is 2.07. The molecular formula is C25H28BrN3O6. The van der Waals surface area contributed by atoms with Crippen LogP contribution in [0.5, 0.6) is 17.2 Å². The highest BCUT2D eigenvalue weighted by Crippen LogP contribution is 2.39. The van der Waals surface area contributed by atoms with Crippen LogP contribution in [-0.4, -0.2) is 49.3 Å². The molecule has 1 atom stereocenters.